The molecule has 15 nitrogen and oxygen atoms in total. The number of carbonyl (C=O) groups is 4. The van der Waals surface area contributed by atoms with E-state index in [-0.39, 0.29) is 56.0 Å². The van der Waals surface area contributed by atoms with Crippen LogP contribution in [0.5, 0.6) is 0 Å². The van der Waals surface area contributed by atoms with E-state index in [1.165, 1.54) is 12.1 Å². The predicted molar refractivity (Wildman–Crippen MR) is 230 cm³/mol. The molecule has 17 heteroatoms. The minimum atomic E-state index is -0.828. The number of hydrogen-bond acceptors (Lipinski definition) is 10. The molecule has 0 aliphatic carbocycles. The van der Waals surface area contributed by atoms with Gasteiger partial charge in [-0.05, 0) is 91.6 Å². The van der Waals surface area contributed by atoms with Gasteiger partial charge < -0.3 is 45.2 Å². The van der Waals surface area contributed by atoms with Crippen molar-refractivity contribution in [3.63, 3.8) is 0 Å². The van der Waals surface area contributed by atoms with Crippen molar-refractivity contribution >= 4 is 51.7 Å². The minimum Gasteiger partial charge on any atom is -0.391 e. The Hall–Kier alpha value is -5.65. The van der Waals surface area contributed by atoms with Crippen molar-refractivity contribution in [1.29, 1.82) is 0 Å². The third kappa shape index (κ3) is 10.9. The molecule has 3 atom stereocenters. The summed E-state index contributed by atoms with van der Waals surface area (Å²) in [5.74, 6) is -2.37. The Kier molecular flexibility index (Phi) is 13.7. The highest BCUT2D eigenvalue weighted by atomic mass is 19.1. The molecule has 3 aliphatic rings. The van der Waals surface area contributed by atoms with Gasteiger partial charge in [0.05, 0.1) is 17.2 Å². The van der Waals surface area contributed by atoms with Gasteiger partial charge in [0.2, 0.25) is 17.7 Å². The van der Waals surface area contributed by atoms with Gasteiger partial charge in [0.1, 0.15) is 30.9 Å². The number of aliphatic hydroxyl groups excluding tert-OH is 1. The van der Waals surface area contributed by atoms with Crippen LogP contribution in [-0.4, -0.2) is 132 Å². The van der Waals surface area contributed by atoms with Crippen molar-refractivity contribution in [1.82, 2.24) is 25.3 Å². The second-order valence-electron chi connectivity index (χ2n) is 17.6. The Bertz CT molecular complexity index is 2250. The monoisotopic (exact) mass is 858 g/mol. The zero-order valence-corrected chi connectivity index (χ0v) is 35.6. The Morgan fingerprint density at radius 3 is 2.35 bits per heavy atom. The van der Waals surface area contributed by atoms with Crippen LogP contribution in [0.1, 0.15) is 68.4 Å². The molecule has 1 aromatic heterocycles. The van der Waals surface area contributed by atoms with Crippen molar-refractivity contribution in [3.8, 4) is 0 Å². The fourth-order valence-electron chi connectivity index (χ4n) is 8.36. The standard InChI is InChI=1S/C45H56F2N8O7/c1-27-17-34(56)24-55(27)44(60)41(45(2,3)4)49-39(57)25-62-26-40(58)54-13-11-53(12-14-54)33-6-7-35(38(23-33)48-32-9-15-61-16-10-32)43(59)50-42-36-21-28(5-8-37(36)51-52-42)18-29-19-30(46)22-31(47)20-29/h5-8,19-23,27,32,34,41,48,56H,9-18,24-26H2,1-4H3,(H,49,57)(H2,50,51,52,59)/t27-,34-,41-/m1/s1. The molecule has 4 amide bonds. The van der Waals surface area contributed by atoms with Crippen molar-refractivity contribution < 1.29 is 42.5 Å². The number of ether oxygens (including phenoxy) is 2. The van der Waals surface area contributed by atoms with Gasteiger partial charge in [-0.1, -0.05) is 26.8 Å². The van der Waals surface area contributed by atoms with E-state index in [4.69, 9.17) is 9.47 Å². The number of β-amino-alcohol motifs (C(OH)–C–C–N with tert-alkyl or cyclic N) is 1. The fourth-order valence-corrected chi connectivity index (χ4v) is 8.36. The van der Waals surface area contributed by atoms with Gasteiger partial charge in [0.25, 0.3) is 5.91 Å². The maximum absolute atomic E-state index is 14.0. The smallest absolute Gasteiger partial charge is 0.258 e. The van der Waals surface area contributed by atoms with Gasteiger partial charge in [-0.25, -0.2) is 8.78 Å². The lowest BCUT2D eigenvalue weighted by molar-refractivity contribution is -0.143. The van der Waals surface area contributed by atoms with Gasteiger partial charge in [-0.3, -0.25) is 24.3 Å². The number of fused-ring (bicyclic) bond motifs is 1. The highest BCUT2D eigenvalue weighted by Crippen LogP contribution is 2.30. The summed E-state index contributed by atoms with van der Waals surface area (Å²) in [5, 5.41) is 27.3. The number of nitrogens with one attached hydrogen (secondary N) is 4. The van der Waals surface area contributed by atoms with E-state index in [9.17, 15) is 33.1 Å². The molecule has 0 unspecified atom stereocenters. The third-order valence-corrected chi connectivity index (χ3v) is 11.7. The minimum absolute atomic E-state index is 0.0890. The molecule has 4 heterocycles. The number of anilines is 3. The van der Waals surface area contributed by atoms with Gasteiger partial charge in [0.15, 0.2) is 5.82 Å². The van der Waals surface area contributed by atoms with Crippen LogP contribution in [0.25, 0.3) is 10.9 Å². The van der Waals surface area contributed by atoms with Crippen LogP contribution in [0.3, 0.4) is 0 Å². The molecule has 7 rings (SSSR count). The third-order valence-electron chi connectivity index (χ3n) is 11.7. The number of amides is 4. The van der Waals surface area contributed by atoms with Crippen LogP contribution in [0, 0.1) is 17.0 Å². The van der Waals surface area contributed by atoms with Crippen LogP contribution in [0.15, 0.2) is 54.6 Å². The molecule has 0 spiro atoms. The molecule has 3 aliphatic heterocycles. The maximum Gasteiger partial charge on any atom is 0.258 e. The topological polar surface area (TPSA) is 181 Å². The highest BCUT2D eigenvalue weighted by molar-refractivity contribution is 6.11. The van der Waals surface area contributed by atoms with E-state index >= 15 is 0 Å². The van der Waals surface area contributed by atoms with E-state index in [1.807, 2.05) is 58.0 Å². The summed E-state index contributed by atoms with van der Waals surface area (Å²) >= 11 is 0. The largest absolute Gasteiger partial charge is 0.391 e. The van der Waals surface area contributed by atoms with E-state index in [0.717, 1.165) is 30.2 Å². The summed E-state index contributed by atoms with van der Waals surface area (Å²) in [6.07, 6.45) is 1.72. The molecular formula is C45H56F2N8O7. The molecule has 62 heavy (non-hydrogen) atoms. The summed E-state index contributed by atoms with van der Waals surface area (Å²) < 4.78 is 38.8. The number of aliphatic hydroxyl groups is 1. The molecule has 3 saturated heterocycles. The van der Waals surface area contributed by atoms with Gasteiger partial charge in [-0.2, -0.15) is 5.10 Å². The van der Waals surface area contributed by atoms with Crippen LogP contribution >= 0.6 is 0 Å². The van der Waals surface area contributed by atoms with Crippen LogP contribution in [-0.2, 0) is 30.3 Å². The second-order valence-corrected chi connectivity index (χ2v) is 17.6. The summed E-state index contributed by atoms with van der Waals surface area (Å²) in [7, 11) is 0. The number of rotatable bonds is 13. The molecule has 4 aromatic rings. The lowest BCUT2D eigenvalue weighted by Gasteiger charge is -2.36. The van der Waals surface area contributed by atoms with Crippen molar-refractivity contribution in [2.75, 3.05) is 74.7 Å². The summed E-state index contributed by atoms with van der Waals surface area (Å²) in [6.45, 7) is 10.1. The number of piperazine rings is 1. The van der Waals surface area contributed by atoms with E-state index in [2.05, 4.69) is 31.0 Å². The number of likely N-dealkylation sites (tertiary alicyclic amines) is 1. The number of aromatic nitrogens is 2. The second kappa shape index (κ2) is 19.2. The number of H-pyrrole nitrogens is 1. The summed E-state index contributed by atoms with van der Waals surface area (Å²) in [6, 6.07) is 13.6. The summed E-state index contributed by atoms with van der Waals surface area (Å²) in [5.41, 5.74) is 3.30. The zero-order chi connectivity index (χ0) is 44.1. The lowest BCUT2D eigenvalue weighted by atomic mass is 9.85. The molecule has 5 N–H and O–H groups in total. The average molecular weight is 859 g/mol. The highest BCUT2D eigenvalue weighted by Gasteiger charge is 2.40. The van der Waals surface area contributed by atoms with Gasteiger partial charge in [0, 0.05) is 80.8 Å². The molecule has 0 saturated carbocycles. The predicted octanol–water partition coefficient (Wildman–Crippen LogP) is 4.45. The van der Waals surface area contributed by atoms with Gasteiger partial charge in [-0.15, -0.1) is 0 Å². The first-order valence-corrected chi connectivity index (χ1v) is 21.2. The first-order chi connectivity index (χ1) is 29.6. The van der Waals surface area contributed by atoms with Crippen molar-refractivity contribution in [3.05, 3.63) is 82.9 Å². The normalized spacial score (nSPS) is 19.1. The SMILES string of the molecule is C[C@@H]1C[C@@H](O)CN1C(=O)[C@@H](NC(=O)COCC(=O)N1CCN(c2ccc(C(=O)Nc3n[nH]c4ccc(Cc5cc(F)cc(F)c5)cc34)c(NC3CCOCC3)c2)CC1)C(C)(C)C. The van der Waals surface area contributed by atoms with E-state index in [0.29, 0.717) is 79.3 Å². The van der Waals surface area contributed by atoms with Crippen LogP contribution in [0.4, 0.5) is 26.0 Å². The van der Waals surface area contributed by atoms with E-state index in [1.54, 1.807) is 15.9 Å². The van der Waals surface area contributed by atoms with Crippen LogP contribution < -0.4 is 20.9 Å². The zero-order valence-electron chi connectivity index (χ0n) is 35.6. The number of halogens is 2. The van der Waals surface area contributed by atoms with Crippen molar-refractivity contribution in [2.24, 2.45) is 5.41 Å². The molecule has 3 fully saturated rings. The number of benzene rings is 3. The van der Waals surface area contributed by atoms with Gasteiger partial charge >= 0.3 is 0 Å². The fraction of sp³-hybridized carbons (Fsp3) is 0.489. The maximum atomic E-state index is 14.0. The Balaban J connectivity index is 0.957. The number of hydrogen-bond donors (Lipinski definition) is 5. The molecule has 332 valence electrons. The Morgan fingerprint density at radius 2 is 1.68 bits per heavy atom. The Morgan fingerprint density at radius 1 is 0.952 bits per heavy atom. The first kappa shape index (κ1) is 44.4. The average Bonchev–Trinajstić information content (AvgIpc) is 3.79. The molecule has 0 radical (unpaired) electrons. The van der Waals surface area contributed by atoms with Crippen molar-refractivity contribution in [2.45, 2.75) is 77.6 Å². The number of carbonyl (C=O) groups excluding carboxylic acids is 4. The number of aromatic amines is 1. The molecule has 3 aromatic carbocycles. The quantitative estimate of drug-likeness (QED) is 0.129. The van der Waals surface area contributed by atoms with Crippen LogP contribution in [0.2, 0.25) is 0 Å². The number of nitrogens with zero attached hydrogens (tertiary/aromatic N) is 4. The lowest BCUT2D eigenvalue weighted by Crippen LogP contribution is -2.56. The molecular weight excluding hydrogens is 803 g/mol. The summed E-state index contributed by atoms with van der Waals surface area (Å²) in [4.78, 5) is 58.8. The molecule has 0 bridgehead atoms. The Labute approximate surface area is 359 Å². The first-order valence-electron chi connectivity index (χ1n) is 21.2. The van der Waals surface area contributed by atoms with E-state index < -0.39 is 35.1 Å².